The maximum atomic E-state index is 11.0. The van der Waals surface area contributed by atoms with Crippen LogP contribution in [-0.4, -0.2) is 79.9 Å². The minimum Gasteiger partial charge on any atom is -0.481 e. The van der Waals surface area contributed by atoms with Crippen LogP contribution in [0.15, 0.2) is 24.3 Å². The van der Waals surface area contributed by atoms with Gasteiger partial charge in [0, 0.05) is 50.1 Å². The Bertz CT molecular complexity index is 865. The van der Waals surface area contributed by atoms with Gasteiger partial charge in [-0.2, -0.15) is 0 Å². The molecular weight excluding hydrogens is 614 g/mol. The molecule has 11 heteroatoms. The molecule has 0 amide bonds. The van der Waals surface area contributed by atoms with Gasteiger partial charge in [0.2, 0.25) is 0 Å². The molecule has 2 saturated heterocycles. The molecule has 1 N–H and O–H groups in total. The lowest BCUT2D eigenvalue weighted by Gasteiger charge is -2.20. The Morgan fingerprint density at radius 1 is 0.778 bits per heavy atom. The molecule has 2 fully saturated rings. The molecule has 0 aliphatic carbocycles. The molecule has 2 heterocycles. The van der Waals surface area contributed by atoms with Crippen molar-refractivity contribution in [3.63, 3.8) is 0 Å². The molecule has 45 heavy (non-hydrogen) atoms. The third kappa shape index (κ3) is 19.0. The minimum absolute atomic E-state index is 0.0301. The molecule has 0 aromatic carbocycles. The quantitative estimate of drug-likeness (QED) is 0.0876. The normalized spacial score (nSPS) is 26.9. The van der Waals surface area contributed by atoms with Crippen LogP contribution < -0.4 is 0 Å². The van der Waals surface area contributed by atoms with Crippen molar-refractivity contribution >= 4 is 29.9 Å². The molecule has 2 aliphatic rings. The van der Waals surface area contributed by atoms with E-state index >= 15 is 0 Å². The summed E-state index contributed by atoms with van der Waals surface area (Å²) in [6.07, 6.45) is 13.3. The molecule has 2 aliphatic heterocycles. The number of carbonyl (C=O) groups is 2. The van der Waals surface area contributed by atoms with Gasteiger partial charge in [-0.25, -0.2) is 0 Å². The van der Waals surface area contributed by atoms with E-state index in [1.54, 1.807) is 14.2 Å². The lowest BCUT2D eigenvalue weighted by molar-refractivity contribution is -0.154. The Balaban J connectivity index is 0.000000816. The van der Waals surface area contributed by atoms with Gasteiger partial charge in [-0.1, -0.05) is 65.8 Å². The second-order valence-electron chi connectivity index (χ2n) is 12.6. The van der Waals surface area contributed by atoms with Crippen LogP contribution >= 0.6 is 17.6 Å². The molecule has 0 aromatic rings. The Morgan fingerprint density at radius 2 is 1.18 bits per heavy atom. The predicted octanol–water partition coefficient (Wildman–Crippen LogP) is 8.02. The van der Waals surface area contributed by atoms with Gasteiger partial charge in [-0.3, -0.25) is 4.79 Å². The molecule has 0 radical (unpaired) electrons. The summed E-state index contributed by atoms with van der Waals surface area (Å²) in [7, 11) is 4.60. The van der Waals surface area contributed by atoms with E-state index < -0.39 is 23.6 Å². The van der Waals surface area contributed by atoms with Crippen molar-refractivity contribution in [2.24, 2.45) is 23.7 Å². The average molecular weight is 679 g/mol. The first kappa shape index (κ1) is 44.2. The predicted molar refractivity (Wildman–Crippen MR) is 186 cm³/mol. The van der Waals surface area contributed by atoms with Crippen LogP contribution in [0.4, 0.5) is 0 Å². The Hall–Kier alpha value is -0.760. The van der Waals surface area contributed by atoms with E-state index in [0.717, 1.165) is 31.5 Å². The maximum Gasteiger partial charge on any atom is 0.306 e. The zero-order valence-corrected chi connectivity index (χ0v) is 32.0. The van der Waals surface area contributed by atoms with Crippen molar-refractivity contribution in [2.45, 2.75) is 131 Å². The van der Waals surface area contributed by atoms with Crippen molar-refractivity contribution in [2.75, 3.05) is 26.5 Å². The summed E-state index contributed by atoms with van der Waals surface area (Å²) in [5.41, 5.74) is 0. The highest BCUT2D eigenvalue weighted by atomic mass is 31.1. The number of hydrogen-bond acceptors (Lipinski definition) is 8. The van der Waals surface area contributed by atoms with Crippen molar-refractivity contribution in [3.8, 4) is 0 Å². The Morgan fingerprint density at radius 3 is 1.56 bits per heavy atom. The highest BCUT2D eigenvalue weighted by Gasteiger charge is 2.44. The molecule has 0 aromatic heterocycles. The van der Waals surface area contributed by atoms with Gasteiger partial charge in [-0.05, 0) is 64.7 Å². The SMILES string of the molecule is CC.COPC[C@H](C)C/C=C\C(C)[C@H]1OC(C)(C)O[C@H]1CC(=O)O.COPC[C@H](C)C/C=C\C(C)[C@H]1OC(C)(C)O[C@H]1CC=O. The minimum atomic E-state index is -0.860. The summed E-state index contributed by atoms with van der Waals surface area (Å²) in [6.45, 7) is 20.0. The first-order valence-corrected chi connectivity index (χ1v) is 18.6. The summed E-state index contributed by atoms with van der Waals surface area (Å²) >= 11 is 0. The third-order valence-corrected chi connectivity index (χ3v) is 9.60. The number of allylic oxidation sites excluding steroid dienone is 2. The molecule has 2 rings (SSSR count). The largest absolute Gasteiger partial charge is 0.481 e. The summed E-state index contributed by atoms with van der Waals surface area (Å²) in [6, 6.07) is 0. The van der Waals surface area contributed by atoms with Crippen molar-refractivity contribution in [1.29, 1.82) is 0 Å². The first-order chi connectivity index (χ1) is 21.1. The van der Waals surface area contributed by atoms with Gasteiger partial charge >= 0.3 is 5.97 Å². The van der Waals surface area contributed by atoms with E-state index in [1.807, 2.05) is 48.5 Å². The van der Waals surface area contributed by atoms with Gasteiger partial charge in [0.1, 0.15) is 6.29 Å². The maximum absolute atomic E-state index is 11.0. The number of rotatable bonds is 18. The van der Waals surface area contributed by atoms with Crippen LogP contribution in [0, 0.1) is 23.7 Å². The molecular formula is C34H64O9P2. The van der Waals surface area contributed by atoms with Crippen LogP contribution in [-0.2, 0) is 37.6 Å². The molecule has 4 unspecified atom stereocenters. The molecule has 0 bridgehead atoms. The van der Waals surface area contributed by atoms with Gasteiger partial charge in [0.15, 0.2) is 11.6 Å². The van der Waals surface area contributed by atoms with Crippen LogP contribution in [0.25, 0.3) is 0 Å². The third-order valence-electron chi connectivity index (χ3n) is 7.29. The second-order valence-corrected chi connectivity index (χ2v) is 14.8. The zero-order chi connectivity index (χ0) is 34.6. The van der Waals surface area contributed by atoms with Gasteiger partial charge in [-0.15, -0.1) is 0 Å². The van der Waals surface area contributed by atoms with Crippen LogP contribution in [0.2, 0.25) is 0 Å². The van der Waals surface area contributed by atoms with Gasteiger partial charge in [0.25, 0.3) is 0 Å². The summed E-state index contributed by atoms with van der Waals surface area (Å²) in [4.78, 5) is 21.8. The highest BCUT2D eigenvalue weighted by Crippen LogP contribution is 2.35. The number of carboxylic acids is 1. The second kappa shape index (κ2) is 23.5. The molecule has 9 nitrogen and oxygen atoms in total. The summed E-state index contributed by atoms with van der Waals surface area (Å²) < 4.78 is 33.6. The van der Waals surface area contributed by atoms with Crippen molar-refractivity contribution < 1.29 is 42.7 Å². The van der Waals surface area contributed by atoms with E-state index in [9.17, 15) is 9.59 Å². The lowest BCUT2D eigenvalue weighted by Crippen LogP contribution is -2.30. The molecule has 0 saturated carbocycles. The van der Waals surface area contributed by atoms with E-state index in [-0.39, 0.29) is 36.6 Å². The number of aliphatic carboxylic acids is 1. The number of ether oxygens (including phenoxy) is 4. The van der Waals surface area contributed by atoms with Crippen LogP contribution in [0.5, 0.6) is 0 Å². The Kier molecular flexibility index (Phi) is 23.1. The lowest BCUT2D eigenvalue weighted by atomic mass is 9.96. The average Bonchev–Trinajstić information content (AvgIpc) is 3.45. The number of aldehydes is 1. The fourth-order valence-corrected chi connectivity index (χ4v) is 6.35. The van der Waals surface area contributed by atoms with Crippen LogP contribution in [0.3, 0.4) is 0 Å². The molecule has 0 spiro atoms. The topological polar surface area (TPSA) is 110 Å². The van der Waals surface area contributed by atoms with Gasteiger partial charge < -0.3 is 37.9 Å². The molecule has 264 valence electrons. The fourth-order valence-electron chi connectivity index (χ4n) is 5.11. The standard InChI is InChI=1S/C16H29O5P.C16H29O4P.C2H6/c1-11(10-22-19-5)7-6-8-12(2)15-13(9-14(17)18)20-16(3,4)21-15;1-12(11-21-18-5)7-6-8-13(2)15-14(9-10-17)19-16(3,4)20-15;1-2/h6,8,11-13,15,22H,7,9-10H2,1-5H3,(H,17,18);6,8,10,12-15,21H,7,9,11H2,1-5H3;1-2H3/b2*8-6-;/t11-,12?,13+,15-;12-,13?,14+,15-;/m11./s1. The van der Waals surface area contributed by atoms with E-state index in [4.69, 9.17) is 33.1 Å². The van der Waals surface area contributed by atoms with E-state index in [0.29, 0.717) is 35.9 Å². The smallest absolute Gasteiger partial charge is 0.306 e. The number of carbonyl (C=O) groups excluding carboxylic acids is 1. The zero-order valence-electron chi connectivity index (χ0n) is 30.0. The van der Waals surface area contributed by atoms with Crippen molar-refractivity contribution in [3.05, 3.63) is 24.3 Å². The fraction of sp³-hybridized carbons (Fsp3) is 0.824. The molecule has 10 atom stereocenters. The monoisotopic (exact) mass is 678 g/mol. The van der Waals surface area contributed by atoms with Crippen molar-refractivity contribution in [1.82, 2.24) is 0 Å². The van der Waals surface area contributed by atoms with E-state index in [2.05, 4.69) is 45.1 Å². The number of carboxylic acid groups (broad SMARTS) is 1. The Labute approximate surface area is 277 Å². The highest BCUT2D eigenvalue weighted by molar-refractivity contribution is 7.32. The van der Waals surface area contributed by atoms with E-state index in [1.165, 1.54) is 0 Å². The first-order valence-electron chi connectivity index (χ1n) is 16.4. The van der Waals surface area contributed by atoms with Gasteiger partial charge in [0.05, 0.1) is 30.8 Å². The summed E-state index contributed by atoms with van der Waals surface area (Å²) in [5, 5.41) is 9.01. The summed E-state index contributed by atoms with van der Waals surface area (Å²) in [5.74, 6) is -0.644. The van der Waals surface area contributed by atoms with Crippen LogP contribution in [0.1, 0.15) is 94.9 Å². The number of hydrogen-bond donors (Lipinski definition) is 1.